The van der Waals surface area contributed by atoms with Gasteiger partial charge in [-0.15, -0.1) is 0 Å². The van der Waals surface area contributed by atoms with Crippen molar-refractivity contribution in [3.8, 4) is 0 Å². The van der Waals surface area contributed by atoms with Gasteiger partial charge in [-0.2, -0.15) is 0 Å². The van der Waals surface area contributed by atoms with Gasteiger partial charge in [-0.05, 0) is 57.2 Å². The van der Waals surface area contributed by atoms with Crippen LogP contribution in [0.5, 0.6) is 0 Å². The van der Waals surface area contributed by atoms with E-state index in [1.54, 1.807) is 17.3 Å². The van der Waals surface area contributed by atoms with E-state index in [-0.39, 0.29) is 29.7 Å². The number of nitrogens with zero attached hydrogens (tertiary/aromatic N) is 2. The normalized spacial score (nSPS) is 19.5. The number of hydrogen-bond donors (Lipinski definition) is 3. The molecule has 0 bridgehead atoms. The van der Waals surface area contributed by atoms with Crippen LogP contribution >= 0.6 is 0 Å². The number of piperidine rings is 1. The largest absolute Gasteiger partial charge is 0.465 e. The first kappa shape index (κ1) is 23.3. The number of carbonyl (C=O) groups excluding carboxylic acids is 1. The molecule has 1 unspecified atom stereocenters. The fourth-order valence-corrected chi connectivity index (χ4v) is 5.29. The molecule has 1 atom stereocenters. The molecular formula is C21H32N4O5S. The number of hydrogen-bond acceptors (Lipinski definition) is 5. The average molecular weight is 453 g/mol. The average Bonchev–Trinajstić information content (AvgIpc) is 2.71. The van der Waals surface area contributed by atoms with E-state index in [0.29, 0.717) is 31.7 Å². The number of nitrogens with one attached hydrogen (secondary N) is 2. The maximum absolute atomic E-state index is 12.9. The molecule has 0 saturated carbocycles. The molecule has 0 spiro atoms. The molecule has 2 fully saturated rings. The van der Waals surface area contributed by atoms with Crippen LogP contribution in [-0.4, -0.2) is 78.7 Å². The first-order valence-electron chi connectivity index (χ1n) is 10.7. The Bertz CT molecular complexity index is 922. The van der Waals surface area contributed by atoms with Crippen molar-refractivity contribution in [1.82, 2.24) is 14.5 Å². The second kappa shape index (κ2) is 9.44. The number of sulfonamides is 1. The van der Waals surface area contributed by atoms with Crippen LogP contribution in [0, 0.1) is 12.8 Å². The Morgan fingerprint density at radius 2 is 1.87 bits per heavy atom. The van der Waals surface area contributed by atoms with Crippen molar-refractivity contribution in [3.05, 3.63) is 29.3 Å². The zero-order valence-corrected chi connectivity index (χ0v) is 19.1. The minimum Gasteiger partial charge on any atom is -0.465 e. The predicted octanol–water partition coefficient (Wildman–Crippen LogP) is 1.95. The van der Waals surface area contributed by atoms with Crippen LogP contribution in [0.3, 0.4) is 0 Å². The summed E-state index contributed by atoms with van der Waals surface area (Å²) in [4.78, 5) is 25.1. The molecule has 2 saturated heterocycles. The number of likely N-dealkylation sites (tertiary alicyclic amines) is 1. The highest BCUT2D eigenvalue weighted by Crippen LogP contribution is 2.24. The number of anilines is 1. The van der Waals surface area contributed by atoms with Crippen molar-refractivity contribution in [2.24, 2.45) is 5.92 Å². The lowest BCUT2D eigenvalue weighted by Crippen LogP contribution is -2.56. The number of amides is 2. The lowest BCUT2D eigenvalue weighted by molar-refractivity contribution is 0.0914. The zero-order valence-electron chi connectivity index (χ0n) is 18.3. The number of aryl methyl sites for hydroxylation is 1. The third-order valence-corrected chi connectivity index (χ3v) is 8.21. The Morgan fingerprint density at radius 3 is 2.45 bits per heavy atom. The highest BCUT2D eigenvalue weighted by molar-refractivity contribution is 7.89. The minimum absolute atomic E-state index is 0.0400. The molecule has 31 heavy (non-hydrogen) atoms. The Morgan fingerprint density at radius 1 is 1.23 bits per heavy atom. The molecule has 0 radical (unpaired) electrons. The molecule has 0 aromatic heterocycles. The molecule has 3 N–H and O–H groups in total. The fraction of sp³-hybridized carbons (Fsp3) is 0.619. The van der Waals surface area contributed by atoms with Crippen molar-refractivity contribution in [1.29, 1.82) is 0 Å². The second-order valence-corrected chi connectivity index (χ2v) is 10.7. The molecule has 3 rings (SSSR count). The van der Waals surface area contributed by atoms with E-state index < -0.39 is 16.1 Å². The molecule has 1 aromatic carbocycles. The summed E-state index contributed by atoms with van der Waals surface area (Å²) in [7, 11) is -3.16. The highest BCUT2D eigenvalue weighted by Gasteiger charge is 2.31. The summed E-state index contributed by atoms with van der Waals surface area (Å²) in [6.45, 7) is 7.35. The maximum atomic E-state index is 12.9. The quantitative estimate of drug-likeness (QED) is 0.582. The SMILES string of the molecule is CCS(=O)(=O)N1CCC(C(C)NC(=O)c2cc(NC3CN(C(=O)O)C3)ccc2C)CC1. The number of benzene rings is 1. The number of carboxylic acid groups (broad SMARTS) is 1. The molecule has 1 aromatic rings. The van der Waals surface area contributed by atoms with Gasteiger partial charge in [0.25, 0.3) is 5.91 Å². The van der Waals surface area contributed by atoms with E-state index in [0.717, 1.165) is 24.1 Å². The van der Waals surface area contributed by atoms with Gasteiger partial charge < -0.3 is 20.6 Å². The predicted molar refractivity (Wildman–Crippen MR) is 119 cm³/mol. The van der Waals surface area contributed by atoms with Crippen LogP contribution in [0.15, 0.2) is 18.2 Å². The molecule has 2 amide bonds. The Hall–Kier alpha value is -2.33. The van der Waals surface area contributed by atoms with Gasteiger partial charge in [-0.1, -0.05) is 6.07 Å². The first-order chi connectivity index (χ1) is 14.6. The minimum atomic E-state index is -3.16. The number of carbonyl (C=O) groups is 2. The van der Waals surface area contributed by atoms with Gasteiger partial charge in [0.1, 0.15) is 0 Å². The fourth-order valence-electron chi connectivity index (χ4n) is 4.16. The summed E-state index contributed by atoms with van der Waals surface area (Å²) < 4.78 is 25.6. The second-order valence-electron chi connectivity index (χ2n) is 8.46. The van der Waals surface area contributed by atoms with Crippen molar-refractivity contribution < 1.29 is 23.1 Å². The molecular weight excluding hydrogens is 420 g/mol. The summed E-state index contributed by atoms with van der Waals surface area (Å²) >= 11 is 0. The van der Waals surface area contributed by atoms with Crippen LogP contribution in [0.1, 0.15) is 42.6 Å². The molecule has 2 aliphatic rings. The van der Waals surface area contributed by atoms with Gasteiger partial charge in [-0.3, -0.25) is 4.79 Å². The first-order valence-corrected chi connectivity index (χ1v) is 12.4. The van der Waals surface area contributed by atoms with Gasteiger partial charge in [0.05, 0.1) is 11.8 Å². The zero-order chi connectivity index (χ0) is 22.8. The molecule has 172 valence electrons. The van der Waals surface area contributed by atoms with Crippen LogP contribution in [0.25, 0.3) is 0 Å². The molecule has 10 heteroatoms. The van der Waals surface area contributed by atoms with Gasteiger partial charge in [0, 0.05) is 43.5 Å². The van der Waals surface area contributed by atoms with Crippen molar-refractivity contribution in [2.45, 2.75) is 45.7 Å². The topological polar surface area (TPSA) is 119 Å². The van der Waals surface area contributed by atoms with Crippen LogP contribution < -0.4 is 10.6 Å². The summed E-state index contributed by atoms with van der Waals surface area (Å²) in [5.41, 5.74) is 2.23. The van der Waals surface area contributed by atoms with E-state index in [1.165, 1.54) is 4.90 Å². The van der Waals surface area contributed by atoms with Crippen LogP contribution in [-0.2, 0) is 10.0 Å². The van der Waals surface area contributed by atoms with E-state index in [9.17, 15) is 18.0 Å². The molecule has 2 heterocycles. The molecule has 9 nitrogen and oxygen atoms in total. The lowest BCUT2D eigenvalue weighted by atomic mass is 9.91. The lowest BCUT2D eigenvalue weighted by Gasteiger charge is -2.38. The van der Waals surface area contributed by atoms with Gasteiger partial charge in [0.2, 0.25) is 10.0 Å². The molecule has 2 aliphatic heterocycles. The summed E-state index contributed by atoms with van der Waals surface area (Å²) in [6.07, 6.45) is 0.528. The molecule has 0 aliphatic carbocycles. The third kappa shape index (κ3) is 5.48. The smallest absolute Gasteiger partial charge is 0.407 e. The van der Waals surface area contributed by atoms with Crippen LogP contribution in [0.2, 0.25) is 0 Å². The van der Waals surface area contributed by atoms with Gasteiger partial charge in [0.15, 0.2) is 0 Å². The Balaban J connectivity index is 1.56. The van der Waals surface area contributed by atoms with Crippen molar-refractivity contribution in [3.63, 3.8) is 0 Å². The van der Waals surface area contributed by atoms with Crippen molar-refractivity contribution in [2.75, 3.05) is 37.2 Å². The standard InChI is InChI=1S/C21H32N4O5S/c1-4-31(29,30)25-9-7-16(8-10-25)15(3)22-20(26)19-11-17(6-5-14(19)2)23-18-12-24(13-18)21(27)28/h5-6,11,15-16,18,23H,4,7-10,12-13H2,1-3H3,(H,22,26)(H,27,28). The Kier molecular flexibility index (Phi) is 7.10. The van der Waals surface area contributed by atoms with Crippen LogP contribution in [0.4, 0.5) is 10.5 Å². The summed E-state index contributed by atoms with van der Waals surface area (Å²) in [5.74, 6) is 0.187. The number of rotatable bonds is 7. The van der Waals surface area contributed by atoms with E-state index in [2.05, 4.69) is 10.6 Å². The Labute approximate surface area is 183 Å². The van der Waals surface area contributed by atoms with E-state index in [4.69, 9.17) is 5.11 Å². The third-order valence-electron chi connectivity index (χ3n) is 6.33. The van der Waals surface area contributed by atoms with E-state index in [1.807, 2.05) is 26.0 Å². The van der Waals surface area contributed by atoms with Gasteiger partial charge in [-0.25, -0.2) is 17.5 Å². The maximum Gasteiger partial charge on any atom is 0.407 e. The van der Waals surface area contributed by atoms with Gasteiger partial charge >= 0.3 is 6.09 Å². The summed E-state index contributed by atoms with van der Waals surface area (Å²) in [5, 5.41) is 15.3. The summed E-state index contributed by atoms with van der Waals surface area (Å²) in [6, 6.07) is 5.55. The highest BCUT2D eigenvalue weighted by atomic mass is 32.2. The van der Waals surface area contributed by atoms with Crippen molar-refractivity contribution >= 4 is 27.7 Å². The van der Waals surface area contributed by atoms with E-state index >= 15 is 0 Å². The monoisotopic (exact) mass is 452 g/mol.